The molecular formula is C34H44N8O4. The highest BCUT2D eigenvalue weighted by Crippen LogP contribution is 2.33. The fourth-order valence-corrected chi connectivity index (χ4v) is 6.30. The van der Waals surface area contributed by atoms with E-state index < -0.39 is 5.91 Å². The van der Waals surface area contributed by atoms with E-state index in [1.165, 1.54) is 0 Å². The normalized spacial score (nSPS) is 13.9. The number of hydrogen-bond donors (Lipinski definition) is 4. The zero-order valence-electron chi connectivity index (χ0n) is 27.1. The molecule has 244 valence electrons. The monoisotopic (exact) mass is 628 g/mol. The molecule has 0 atom stereocenters. The molecule has 12 heteroatoms. The molecule has 2 amide bonds. The SMILES string of the molecule is Cc1cc(C)c(Cc2nc(N3CCN(CCCCCC(=O)NO)CC3)ccc2-c2cc(C(N)=O)c3cnn(C(C)C)c3c2)c(=O)[nH]1. The van der Waals surface area contributed by atoms with Gasteiger partial charge in [0.1, 0.15) is 5.82 Å². The molecule has 4 aromatic rings. The molecule has 3 aromatic heterocycles. The summed E-state index contributed by atoms with van der Waals surface area (Å²) in [7, 11) is 0. The third-order valence-corrected chi connectivity index (χ3v) is 8.78. The number of aromatic nitrogens is 4. The molecule has 0 radical (unpaired) electrons. The molecule has 0 bridgehead atoms. The second-order valence-corrected chi connectivity index (χ2v) is 12.5. The summed E-state index contributed by atoms with van der Waals surface area (Å²) in [5.74, 6) is -0.0247. The lowest BCUT2D eigenvalue weighted by molar-refractivity contribution is -0.129. The van der Waals surface area contributed by atoms with Gasteiger partial charge in [-0.25, -0.2) is 10.5 Å². The van der Waals surface area contributed by atoms with Crippen LogP contribution in [0, 0.1) is 13.8 Å². The number of benzene rings is 1. The zero-order chi connectivity index (χ0) is 33.0. The number of carbonyl (C=O) groups is 2. The van der Waals surface area contributed by atoms with E-state index in [0.717, 1.165) is 91.4 Å². The molecule has 1 aliphatic rings. The number of amides is 2. The second kappa shape index (κ2) is 14.3. The van der Waals surface area contributed by atoms with Gasteiger partial charge >= 0.3 is 0 Å². The van der Waals surface area contributed by atoms with Gasteiger partial charge in [0.25, 0.3) is 5.56 Å². The second-order valence-electron chi connectivity index (χ2n) is 12.5. The molecule has 0 saturated carbocycles. The number of piperazine rings is 1. The van der Waals surface area contributed by atoms with Crippen LogP contribution in [0.4, 0.5) is 5.82 Å². The predicted octanol–water partition coefficient (Wildman–Crippen LogP) is 3.86. The van der Waals surface area contributed by atoms with Crippen LogP contribution < -0.4 is 21.7 Å². The highest BCUT2D eigenvalue weighted by Gasteiger charge is 2.22. The summed E-state index contributed by atoms with van der Waals surface area (Å²) in [6.07, 6.45) is 5.02. The van der Waals surface area contributed by atoms with Crippen LogP contribution in [0.25, 0.3) is 22.0 Å². The Morgan fingerprint density at radius 3 is 2.50 bits per heavy atom. The maximum Gasteiger partial charge on any atom is 0.251 e. The van der Waals surface area contributed by atoms with Gasteiger partial charge in [0.2, 0.25) is 11.8 Å². The van der Waals surface area contributed by atoms with Crippen LogP contribution in [0.5, 0.6) is 0 Å². The standard InChI is InChI=1S/C34H44N8O4/c1-21(2)42-30-18-24(17-27(33(35)44)28(30)20-36-42)25-9-10-31(38-29(25)19-26-22(3)16-23(4)37-34(26)45)41-14-12-40(13-15-41)11-7-5-6-8-32(43)39-46/h9-10,16-18,20-21,46H,5-8,11-15,19H2,1-4H3,(H2,35,44)(H,37,45)(H,39,43). The Labute approximate surface area is 268 Å². The third-order valence-electron chi connectivity index (χ3n) is 8.78. The van der Waals surface area contributed by atoms with Gasteiger partial charge in [-0.15, -0.1) is 0 Å². The number of primary amides is 1. The van der Waals surface area contributed by atoms with Gasteiger partial charge in [0.15, 0.2) is 0 Å². The van der Waals surface area contributed by atoms with Gasteiger partial charge in [0.05, 0.1) is 23.0 Å². The van der Waals surface area contributed by atoms with E-state index in [1.54, 1.807) is 17.7 Å². The quantitative estimate of drug-likeness (QED) is 0.104. The Kier molecular flexibility index (Phi) is 10.2. The summed E-state index contributed by atoms with van der Waals surface area (Å²) in [5.41, 5.74) is 13.3. The summed E-state index contributed by atoms with van der Waals surface area (Å²) in [5, 5.41) is 13.9. The number of nitrogens with one attached hydrogen (secondary N) is 2. The van der Waals surface area contributed by atoms with Gasteiger partial charge in [0, 0.05) is 67.3 Å². The Bertz CT molecular complexity index is 1790. The Balaban J connectivity index is 1.45. The number of hydrogen-bond acceptors (Lipinski definition) is 8. The third kappa shape index (κ3) is 7.29. The molecule has 46 heavy (non-hydrogen) atoms. The Morgan fingerprint density at radius 2 is 1.83 bits per heavy atom. The molecule has 5 N–H and O–H groups in total. The van der Waals surface area contributed by atoms with E-state index in [1.807, 2.05) is 56.6 Å². The number of rotatable bonds is 12. The molecular weight excluding hydrogens is 584 g/mol. The highest BCUT2D eigenvalue weighted by molar-refractivity contribution is 6.07. The number of aromatic amines is 1. The molecule has 4 heterocycles. The van der Waals surface area contributed by atoms with Crippen molar-refractivity contribution in [1.29, 1.82) is 0 Å². The number of nitrogens with zero attached hydrogens (tertiary/aromatic N) is 5. The number of unbranched alkanes of at least 4 members (excludes halogenated alkanes) is 2. The van der Waals surface area contributed by atoms with E-state index in [2.05, 4.69) is 19.9 Å². The van der Waals surface area contributed by atoms with Gasteiger partial charge in [-0.05, 0) is 88.5 Å². The van der Waals surface area contributed by atoms with Crippen LogP contribution in [0.2, 0.25) is 0 Å². The Morgan fingerprint density at radius 1 is 1.07 bits per heavy atom. The van der Waals surface area contributed by atoms with Gasteiger partial charge < -0.3 is 15.6 Å². The summed E-state index contributed by atoms with van der Waals surface area (Å²) in [6.45, 7) is 12.3. The molecule has 0 unspecified atom stereocenters. The first-order chi connectivity index (χ1) is 22.0. The number of nitrogens with two attached hydrogens (primary N) is 1. The number of fused-ring (bicyclic) bond motifs is 1. The fourth-order valence-electron chi connectivity index (χ4n) is 6.30. The maximum atomic E-state index is 13.1. The van der Waals surface area contributed by atoms with Crippen LogP contribution in [0.15, 0.2) is 41.3 Å². The molecule has 0 aliphatic carbocycles. The van der Waals surface area contributed by atoms with E-state index in [9.17, 15) is 14.4 Å². The topological polar surface area (TPSA) is 162 Å². The van der Waals surface area contributed by atoms with Gasteiger partial charge in [-0.3, -0.25) is 29.2 Å². The molecule has 1 saturated heterocycles. The van der Waals surface area contributed by atoms with Crippen molar-refractivity contribution in [1.82, 2.24) is 30.1 Å². The van der Waals surface area contributed by atoms with Crippen molar-refractivity contribution in [3.8, 4) is 11.1 Å². The number of H-pyrrole nitrogens is 1. The fraction of sp³-hybridized carbons (Fsp3) is 0.441. The minimum Gasteiger partial charge on any atom is -0.366 e. The van der Waals surface area contributed by atoms with E-state index >= 15 is 0 Å². The molecule has 1 aromatic carbocycles. The zero-order valence-corrected chi connectivity index (χ0v) is 27.1. The summed E-state index contributed by atoms with van der Waals surface area (Å²) >= 11 is 0. The van der Waals surface area contributed by atoms with Crippen LogP contribution in [0.1, 0.15) is 78.4 Å². The molecule has 0 spiro atoms. The first-order valence-corrected chi connectivity index (χ1v) is 16.0. The molecule has 1 fully saturated rings. The maximum absolute atomic E-state index is 13.1. The van der Waals surface area contributed by atoms with Crippen molar-refractivity contribution in [2.24, 2.45) is 5.73 Å². The summed E-state index contributed by atoms with van der Waals surface area (Å²) in [6, 6.07) is 9.93. The lowest BCUT2D eigenvalue weighted by atomic mass is 9.95. The lowest BCUT2D eigenvalue weighted by Crippen LogP contribution is -2.47. The lowest BCUT2D eigenvalue weighted by Gasteiger charge is -2.35. The number of carbonyl (C=O) groups excluding carboxylic acids is 2. The smallest absolute Gasteiger partial charge is 0.251 e. The first kappa shape index (κ1) is 32.8. The van der Waals surface area contributed by atoms with Crippen molar-refractivity contribution in [2.75, 3.05) is 37.6 Å². The largest absolute Gasteiger partial charge is 0.366 e. The van der Waals surface area contributed by atoms with Crippen LogP contribution in [0.3, 0.4) is 0 Å². The number of hydroxylamine groups is 1. The van der Waals surface area contributed by atoms with Crippen LogP contribution in [-0.2, 0) is 11.2 Å². The van der Waals surface area contributed by atoms with Crippen molar-refractivity contribution in [3.63, 3.8) is 0 Å². The van der Waals surface area contributed by atoms with Crippen LogP contribution >= 0.6 is 0 Å². The highest BCUT2D eigenvalue weighted by atomic mass is 16.5. The predicted molar refractivity (Wildman–Crippen MR) is 178 cm³/mol. The average molecular weight is 629 g/mol. The van der Waals surface area contributed by atoms with Crippen molar-refractivity contribution in [2.45, 2.75) is 65.8 Å². The molecule has 12 nitrogen and oxygen atoms in total. The summed E-state index contributed by atoms with van der Waals surface area (Å²) in [4.78, 5) is 49.7. The Hall–Kier alpha value is -4.55. The van der Waals surface area contributed by atoms with Gasteiger partial charge in [-0.2, -0.15) is 5.10 Å². The van der Waals surface area contributed by atoms with Crippen molar-refractivity contribution in [3.05, 3.63) is 75.0 Å². The minimum absolute atomic E-state index is 0.0774. The minimum atomic E-state index is -0.527. The van der Waals surface area contributed by atoms with Crippen molar-refractivity contribution < 1.29 is 14.8 Å². The average Bonchev–Trinajstić information content (AvgIpc) is 3.46. The van der Waals surface area contributed by atoms with Crippen LogP contribution in [-0.4, -0.2) is 74.4 Å². The van der Waals surface area contributed by atoms with Crippen molar-refractivity contribution >= 4 is 28.5 Å². The van der Waals surface area contributed by atoms with E-state index in [0.29, 0.717) is 29.4 Å². The summed E-state index contributed by atoms with van der Waals surface area (Å²) < 4.78 is 1.88. The van der Waals surface area contributed by atoms with E-state index in [-0.39, 0.29) is 17.5 Å². The van der Waals surface area contributed by atoms with E-state index in [4.69, 9.17) is 15.9 Å². The number of pyridine rings is 2. The number of aryl methyl sites for hydroxylation is 2. The first-order valence-electron chi connectivity index (χ1n) is 16.0. The number of anilines is 1. The molecule has 5 rings (SSSR count). The van der Waals surface area contributed by atoms with Gasteiger partial charge in [-0.1, -0.05) is 6.42 Å². The molecule has 1 aliphatic heterocycles.